The van der Waals surface area contributed by atoms with Crippen molar-refractivity contribution < 1.29 is 0 Å². The molecule has 0 unspecified atom stereocenters. The van der Waals surface area contributed by atoms with E-state index in [1.54, 1.807) is 11.3 Å². The van der Waals surface area contributed by atoms with Crippen molar-refractivity contribution in [2.45, 2.75) is 13.8 Å². The molecule has 0 saturated carbocycles. The highest BCUT2D eigenvalue weighted by Gasteiger charge is 1.94. The quantitative estimate of drug-likeness (QED) is 0.669. The largest absolute Gasteiger partial charge is 0.144 e. The third-order valence-corrected chi connectivity index (χ3v) is 3.05. The van der Waals surface area contributed by atoms with Crippen molar-refractivity contribution in [2.24, 2.45) is 5.92 Å². The number of rotatable bonds is 2. The topological polar surface area (TPSA) is 0 Å². The first-order valence-electron chi connectivity index (χ1n) is 4.91. The molecule has 0 aliphatic carbocycles. The molecule has 1 aromatic carbocycles. The summed E-state index contributed by atoms with van der Waals surface area (Å²) < 4.78 is 1.37. The molecule has 0 bridgehead atoms. The van der Waals surface area contributed by atoms with E-state index in [1.807, 2.05) is 0 Å². The van der Waals surface area contributed by atoms with Crippen molar-refractivity contribution in [3.05, 3.63) is 41.3 Å². The van der Waals surface area contributed by atoms with Gasteiger partial charge in [0.2, 0.25) is 0 Å². The summed E-state index contributed by atoms with van der Waals surface area (Å²) in [7, 11) is 0. The highest BCUT2D eigenvalue weighted by atomic mass is 32.1. The van der Waals surface area contributed by atoms with Crippen LogP contribution >= 0.6 is 11.3 Å². The molecule has 0 spiro atoms. The lowest BCUT2D eigenvalue weighted by Gasteiger charge is -1.96. The van der Waals surface area contributed by atoms with E-state index < -0.39 is 0 Å². The van der Waals surface area contributed by atoms with Gasteiger partial charge >= 0.3 is 0 Å². The van der Waals surface area contributed by atoms with Crippen LogP contribution in [0.2, 0.25) is 0 Å². The first kappa shape index (κ1) is 9.47. The molecule has 0 amide bonds. The van der Waals surface area contributed by atoms with Gasteiger partial charge in [-0.05, 0) is 40.4 Å². The summed E-state index contributed by atoms with van der Waals surface area (Å²) in [4.78, 5) is 0. The SMILES string of the molecule is CC(C)C=Cc1ccc2sccc2c1. The van der Waals surface area contributed by atoms with E-state index in [-0.39, 0.29) is 0 Å². The third-order valence-electron chi connectivity index (χ3n) is 2.15. The van der Waals surface area contributed by atoms with Crippen LogP contribution in [0.3, 0.4) is 0 Å². The Morgan fingerprint density at radius 3 is 2.86 bits per heavy atom. The maximum atomic E-state index is 2.24. The molecule has 0 nitrogen and oxygen atoms in total. The van der Waals surface area contributed by atoms with Crippen LogP contribution in [-0.2, 0) is 0 Å². The molecule has 72 valence electrons. The van der Waals surface area contributed by atoms with Crippen LogP contribution in [0.25, 0.3) is 16.2 Å². The van der Waals surface area contributed by atoms with Crippen molar-refractivity contribution in [3.8, 4) is 0 Å². The summed E-state index contributed by atoms with van der Waals surface area (Å²) in [5, 5.41) is 3.49. The third kappa shape index (κ3) is 2.05. The number of fused-ring (bicyclic) bond motifs is 1. The average molecular weight is 202 g/mol. The van der Waals surface area contributed by atoms with E-state index in [1.165, 1.54) is 15.6 Å². The van der Waals surface area contributed by atoms with Crippen LogP contribution in [0.15, 0.2) is 35.7 Å². The second-order valence-electron chi connectivity index (χ2n) is 3.82. The first-order chi connectivity index (χ1) is 6.75. The lowest BCUT2D eigenvalue weighted by Crippen LogP contribution is -1.77. The predicted octanol–water partition coefficient (Wildman–Crippen LogP) is 4.57. The zero-order valence-electron chi connectivity index (χ0n) is 8.53. The monoisotopic (exact) mass is 202 g/mol. The van der Waals surface area contributed by atoms with E-state index in [2.05, 4.69) is 55.6 Å². The molecule has 14 heavy (non-hydrogen) atoms. The zero-order chi connectivity index (χ0) is 9.97. The van der Waals surface area contributed by atoms with Crippen LogP contribution in [0, 0.1) is 5.92 Å². The van der Waals surface area contributed by atoms with E-state index in [0.29, 0.717) is 5.92 Å². The molecular weight excluding hydrogens is 188 g/mol. The molecule has 2 rings (SSSR count). The fourth-order valence-corrected chi connectivity index (χ4v) is 2.16. The molecule has 1 heterocycles. The van der Waals surface area contributed by atoms with Crippen molar-refractivity contribution in [1.29, 1.82) is 0 Å². The second kappa shape index (κ2) is 3.97. The second-order valence-corrected chi connectivity index (χ2v) is 4.77. The summed E-state index contributed by atoms with van der Waals surface area (Å²) in [6, 6.07) is 8.79. The Kier molecular flexibility index (Phi) is 2.69. The lowest BCUT2D eigenvalue weighted by molar-refractivity contribution is 0.836. The number of allylic oxidation sites excluding steroid dienone is 1. The van der Waals surface area contributed by atoms with Gasteiger partial charge < -0.3 is 0 Å². The van der Waals surface area contributed by atoms with Gasteiger partial charge in [-0.15, -0.1) is 11.3 Å². The summed E-state index contributed by atoms with van der Waals surface area (Å²) in [6.45, 7) is 4.39. The Hall–Kier alpha value is -1.08. The van der Waals surface area contributed by atoms with Gasteiger partial charge in [-0.3, -0.25) is 0 Å². The molecule has 1 heteroatoms. The molecule has 0 aliphatic rings. The van der Waals surface area contributed by atoms with E-state index in [0.717, 1.165) is 0 Å². The Labute approximate surface area is 88.9 Å². The normalized spacial score (nSPS) is 11.9. The van der Waals surface area contributed by atoms with Gasteiger partial charge in [-0.25, -0.2) is 0 Å². The van der Waals surface area contributed by atoms with Crippen molar-refractivity contribution in [3.63, 3.8) is 0 Å². The molecule has 2 aromatic rings. The van der Waals surface area contributed by atoms with Gasteiger partial charge in [0.05, 0.1) is 0 Å². The standard InChI is InChI=1S/C13H14S/c1-10(2)3-4-11-5-6-13-12(9-11)7-8-14-13/h3-10H,1-2H3. The zero-order valence-corrected chi connectivity index (χ0v) is 9.34. The Morgan fingerprint density at radius 1 is 1.21 bits per heavy atom. The number of hydrogen-bond donors (Lipinski definition) is 0. The van der Waals surface area contributed by atoms with Crippen LogP contribution in [0.1, 0.15) is 19.4 Å². The summed E-state index contributed by atoms with van der Waals surface area (Å²) in [6.07, 6.45) is 4.43. The minimum Gasteiger partial charge on any atom is -0.144 e. The minimum absolute atomic E-state index is 0.619. The van der Waals surface area contributed by atoms with Gasteiger partial charge in [-0.2, -0.15) is 0 Å². The highest BCUT2D eigenvalue weighted by molar-refractivity contribution is 7.17. The maximum absolute atomic E-state index is 2.24. The maximum Gasteiger partial charge on any atom is 0.0343 e. The Morgan fingerprint density at radius 2 is 2.07 bits per heavy atom. The van der Waals surface area contributed by atoms with Crippen LogP contribution in [-0.4, -0.2) is 0 Å². The summed E-state index contributed by atoms with van der Waals surface area (Å²) in [5.74, 6) is 0.619. The average Bonchev–Trinajstić information content (AvgIpc) is 2.61. The fraction of sp³-hybridized carbons (Fsp3) is 0.231. The smallest absolute Gasteiger partial charge is 0.0343 e. The van der Waals surface area contributed by atoms with E-state index in [4.69, 9.17) is 0 Å². The molecule has 0 atom stereocenters. The fourth-order valence-electron chi connectivity index (χ4n) is 1.39. The van der Waals surface area contributed by atoms with Gasteiger partial charge in [-0.1, -0.05) is 32.1 Å². The molecule has 0 radical (unpaired) electrons. The predicted molar refractivity (Wildman–Crippen MR) is 65.7 cm³/mol. The molecular formula is C13H14S. The first-order valence-corrected chi connectivity index (χ1v) is 5.79. The summed E-state index contributed by atoms with van der Waals surface area (Å²) >= 11 is 1.80. The van der Waals surface area contributed by atoms with E-state index in [9.17, 15) is 0 Å². The number of benzene rings is 1. The lowest BCUT2D eigenvalue weighted by atomic mass is 10.1. The van der Waals surface area contributed by atoms with Crippen molar-refractivity contribution >= 4 is 27.5 Å². The Balaban J connectivity index is 2.34. The van der Waals surface area contributed by atoms with Crippen molar-refractivity contribution in [1.82, 2.24) is 0 Å². The highest BCUT2D eigenvalue weighted by Crippen LogP contribution is 2.22. The van der Waals surface area contributed by atoms with E-state index >= 15 is 0 Å². The van der Waals surface area contributed by atoms with Gasteiger partial charge in [0.15, 0.2) is 0 Å². The van der Waals surface area contributed by atoms with Gasteiger partial charge in [0.1, 0.15) is 0 Å². The minimum atomic E-state index is 0.619. The van der Waals surface area contributed by atoms with Crippen molar-refractivity contribution in [2.75, 3.05) is 0 Å². The molecule has 0 aliphatic heterocycles. The molecule has 0 fully saturated rings. The summed E-state index contributed by atoms with van der Waals surface area (Å²) in [5.41, 5.74) is 1.30. The van der Waals surface area contributed by atoms with Gasteiger partial charge in [0, 0.05) is 4.70 Å². The van der Waals surface area contributed by atoms with Crippen LogP contribution < -0.4 is 0 Å². The van der Waals surface area contributed by atoms with Crippen LogP contribution in [0.4, 0.5) is 0 Å². The molecule has 1 aromatic heterocycles. The molecule has 0 N–H and O–H groups in total. The van der Waals surface area contributed by atoms with Crippen LogP contribution in [0.5, 0.6) is 0 Å². The molecule has 0 saturated heterocycles. The number of hydrogen-bond acceptors (Lipinski definition) is 1. The van der Waals surface area contributed by atoms with Gasteiger partial charge in [0.25, 0.3) is 0 Å². The number of thiophene rings is 1. The Bertz CT molecular complexity index is 449.